The number of allylic oxidation sites excluding steroid dienone is 5. The molecule has 0 radical (unpaired) electrons. The van der Waals surface area contributed by atoms with Crippen LogP contribution in [0.2, 0.25) is 0 Å². The van der Waals surface area contributed by atoms with Crippen LogP contribution in [0.5, 0.6) is 0 Å². The molecule has 12 N–H and O–H groups in total. The summed E-state index contributed by atoms with van der Waals surface area (Å²) in [5.74, 6) is -0.300. The quantitative estimate of drug-likeness (QED) is 0.0318. The Kier molecular flexibility index (Phi) is 31.3. The van der Waals surface area contributed by atoms with Gasteiger partial charge in [0.1, 0.15) is 73.2 Å². The van der Waals surface area contributed by atoms with Gasteiger partial charge < -0.3 is 89.9 Å². The first-order chi connectivity index (χ1) is 33.3. The maximum atomic E-state index is 13.2. The van der Waals surface area contributed by atoms with E-state index in [0.29, 0.717) is 12.8 Å². The van der Waals surface area contributed by atoms with Crippen molar-refractivity contribution in [2.75, 3.05) is 26.4 Å². The highest BCUT2D eigenvalue weighted by molar-refractivity contribution is 5.76. The molecular formula is C50H89NO18. The zero-order valence-electron chi connectivity index (χ0n) is 41.0. The molecule has 0 aromatic rings. The minimum atomic E-state index is -1.98. The summed E-state index contributed by atoms with van der Waals surface area (Å²) in [6.07, 6.45) is 5.99. The van der Waals surface area contributed by atoms with E-state index in [1.54, 1.807) is 6.08 Å². The van der Waals surface area contributed by atoms with Gasteiger partial charge >= 0.3 is 0 Å². The van der Waals surface area contributed by atoms with Crippen molar-refractivity contribution in [3.05, 3.63) is 36.5 Å². The fraction of sp³-hybridized carbons (Fsp3) is 0.860. The Morgan fingerprint density at radius 3 is 1.48 bits per heavy atom. The van der Waals surface area contributed by atoms with Gasteiger partial charge in [-0.2, -0.15) is 0 Å². The fourth-order valence-electron chi connectivity index (χ4n) is 8.55. The van der Waals surface area contributed by atoms with Crippen molar-refractivity contribution in [1.82, 2.24) is 5.32 Å². The Balaban J connectivity index is 1.56. The lowest BCUT2D eigenvalue weighted by Crippen LogP contribution is -2.66. The molecule has 1 amide bonds. The molecule has 17 atom stereocenters. The van der Waals surface area contributed by atoms with E-state index in [1.807, 2.05) is 6.08 Å². The Morgan fingerprint density at radius 2 is 0.928 bits per heavy atom. The number of ether oxygens (including phenoxy) is 6. The molecule has 0 aromatic carbocycles. The number of carbonyl (C=O) groups is 1. The van der Waals surface area contributed by atoms with Gasteiger partial charge in [0, 0.05) is 6.42 Å². The van der Waals surface area contributed by atoms with Crippen LogP contribution in [0.1, 0.15) is 142 Å². The fourth-order valence-corrected chi connectivity index (χ4v) is 8.55. The van der Waals surface area contributed by atoms with Crippen molar-refractivity contribution < 1.29 is 89.4 Å². The van der Waals surface area contributed by atoms with Crippen molar-refractivity contribution in [3.63, 3.8) is 0 Å². The van der Waals surface area contributed by atoms with Gasteiger partial charge in [0.15, 0.2) is 18.9 Å². The molecule has 402 valence electrons. The second-order valence-corrected chi connectivity index (χ2v) is 18.6. The number of unbranched alkanes of at least 4 members (excludes halogenated alkanes) is 15. The van der Waals surface area contributed by atoms with Gasteiger partial charge in [-0.25, -0.2) is 0 Å². The zero-order valence-corrected chi connectivity index (χ0v) is 41.0. The maximum Gasteiger partial charge on any atom is 0.220 e. The number of amides is 1. The van der Waals surface area contributed by atoms with Gasteiger partial charge in [-0.15, -0.1) is 0 Å². The molecular weight excluding hydrogens is 903 g/mol. The first-order valence-electron chi connectivity index (χ1n) is 25.7. The second kappa shape index (κ2) is 35.2. The molecule has 19 nitrogen and oxygen atoms in total. The Morgan fingerprint density at radius 1 is 0.507 bits per heavy atom. The molecule has 3 aliphatic heterocycles. The number of aliphatic hydroxyl groups excluding tert-OH is 11. The summed E-state index contributed by atoms with van der Waals surface area (Å²) in [5, 5.41) is 119. The van der Waals surface area contributed by atoms with Gasteiger partial charge in [-0.05, 0) is 57.8 Å². The number of carbonyl (C=O) groups excluding carboxylic acids is 1. The average molecular weight is 992 g/mol. The van der Waals surface area contributed by atoms with E-state index in [2.05, 4.69) is 43.5 Å². The summed E-state index contributed by atoms with van der Waals surface area (Å²) in [6, 6.07) is -0.989. The summed E-state index contributed by atoms with van der Waals surface area (Å²) in [5.41, 5.74) is 0. The van der Waals surface area contributed by atoms with Crippen LogP contribution >= 0.6 is 0 Å². The minimum Gasteiger partial charge on any atom is -0.394 e. The summed E-state index contributed by atoms with van der Waals surface area (Å²) < 4.78 is 34.0. The van der Waals surface area contributed by atoms with E-state index >= 15 is 0 Å². The molecule has 69 heavy (non-hydrogen) atoms. The normalized spacial score (nSPS) is 33.1. The second-order valence-electron chi connectivity index (χ2n) is 18.6. The SMILES string of the molecule is CCCCC/C=C/CC/C=C/C(O)C(COC1OC(CO)C(OC2OC(CO)C(OC3OC(CO)C(O)C(O)C3O)C(O)C2O)C(O)C1O)NC(=O)CCCCCCC/C=C\CCCCCCCC. The smallest absolute Gasteiger partial charge is 0.220 e. The van der Waals surface area contributed by atoms with E-state index in [9.17, 15) is 61.0 Å². The molecule has 3 saturated heterocycles. The third kappa shape index (κ3) is 21.2. The minimum absolute atomic E-state index is 0.225. The monoisotopic (exact) mass is 992 g/mol. The number of aliphatic hydroxyl groups is 11. The average Bonchev–Trinajstić information content (AvgIpc) is 3.34. The third-order valence-electron chi connectivity index (χ3n) is 12.9. The van der Waals surface area contributed by atoms with Gasteiger partial charge in [0.25, 0.3) is 0 Å². The van der Waals surface area contributed by atoms with Gasteiger partial charge in [0.05, 0.1) is 38.6 Å². The molecule has 0 aromatic heterocycles. The van der Waals surface area contributed by atoms with Crippen molar-refractivity contribution in [3.8, 4) is 0 Å². The largest absolute Gasteiger partial charge is 0.394 e. The van der Waals surface area contributed by atoms with Gasteiger partial charge in [0.2, 0.25) is 5.91 Å². The Labute approximate surface area is 409 Å². The molecule has 0 saturated carbocycles. The Hall–Kier alpha value is -1.99. The van der Waals surface area contributed by atoms with Crippen LogP contribution in [0.3, 0.4) is 0 Å². The predicted octanol–water partition coefficient (Wildman–Crippen LogP) is 1.81. The lowest BCUT2D eigenvalue weighted by Gasteiger charge is -2.48. The zero-order chi connectivity index (χ0) is 50.6. The molecule has 0 bridgehead atoms. The molecule has 0 aliphatic carbocycles. The molecule has 0 spiro atoms. The number of nitrogens with one attached hydrogen (secondary N) is 1. The van der Waals surface area contributed by atoms with Gasteiger partial charge in [-0.3, -0.25) is 4.79 Å². The first kappa shape index (κ1) is 61.3. The first-order valence-corrected chi connectivity index (χ1v) is 25.7. The maximum absolute atomic E-state index is 13.2. The number of rotatable bonds is 35. The molecule has 3 aliphatic rings. The van der Waals surface area contributed by atoms with Crippen LogP contribution in [-0.2, 0) is 33.2 Å². The van der Waals surface area contributed by atoms with Crippen molar-refractivity contribution in [2.24, 2.45) is 0 Å². The molecule has 3 heterocycles. The topological polar surface area (TPSA) is 307 Å². The Bertz CT molecular complexity index is 1420. The van der Waals surface area contributed by atoms with E-state index < -0.39 is 124 Å². The van der Waals surface area contributed by atoms with Crippen molar-refractivity contribution >= 4 is 5.91 Å². The molecule has 3 fully saturated rings. The highest BCUT2D eigenvalue weighted by atomic mass is 16.8. The summed E-state index contributed by atoms with van der Waals surface area (Å²) in [7, 11) is 0. The van der Waals surface area contributed by atoms with Crippen LogP contribution in [0.4, 0.5) is 0 Å². The van der Waals surface area contributed by atoms with E-state index in [0.717, 1.165) is 64.2 Å². The van der Waals surface area contributed by atoms with E-state index in [-0.39, 0.29) is 18.9 Å². The van der Waals surface area contributed by atoms with Crippen LogP contribution in [0.25, 0.3) is 0 Å². The standard InChI is InChI=1S/C50H89NO18/c1-3-5-7-9-11-13-14-15-16-17-18-20-22-24-26-28-38(56)51-33(34(55)27-25-23-21-19-12-10-8-6-4-2)32-64-48-44(62)41(59)46(36(30-53)66-48)69-50-45(63)42(60)47(37(31-54)67-50)68-49-43(61)40(58)39(57)35(29-52)65-49/h12,15-16,19,25,27,33-37,39-50,52-55,57-63H,3-11,13-14,17-18,20-24,26,28-32H2,1-2H3,(H,51,56)/b16-15-,19-12+,27-25+. The number of hydrogen-bond donors (Lipinski definition) is 12. The molecule has 3 rings (SSSR count). The molecule has 19 heteroatoms. The van der Waals surface area contributed by atoms with Crippen molar-refractivity contribution in [1.29, 1.82) is 0 Å². The number of hydrogen-bond acceptors (Lipinski definition) is 18. The third-order valence-corrected chi connectivity index (χ3v) is 12.9. The van der Waals surface area contributed by atoms with Crippen LogP contribution in [0.15, 0.2) is 36.5 Å². The molecule has 17 unspecified atom stereocenters. The lowest BCUT2D eigenvalue weighted by atomic mass is 9.96. The van der Waals surface area contributed by atoms with Gasteiger partial charge in [-0.1, -0.05) is 115 Å². The summed E-state index contributed by atoms with van der Waals surface area (Å²) in [6.45, 7) is 1.58. The summed E-state index contributed by atoms with van der Waals surface area (Å²) >= 11 is 0. The predicted molar refractivity (Wildman–Crippen MR) is 254 cm³/mol. The van der Waals surface area contributed by atoms with Crippen LogP contribution in [0, 0.1) is 0 Å². The van der Waals surface area contributed by atoms with Crippen LogP contribution < -0.4 is 5.32 Å². The highest BCUT2D eigenvalue weighted by Gasteiger charge is 2.53. The van der Waals surface area contributed by atoms with E-state index in [4.69, 9.17) is 28.4 Å². The summed E-state index contributed by atoms with van der Waals surface area (Å²) in [4.78, 5) is 13.2. The highest BCUT2D eigenvalue weighted by Crippen LogP contribution is 2.33. The van der Waals surface area contributed by atoms with E-state index in [1.165, 1.54) is 44.9 Å². The lowest BCUT2D eigenvalue weighted by molar-refractivity contribution is -0.379. The van der Waals surface area contributed by atoms with Crippen molar-refractivity contribution in [2.45, 2.75) is 247 Å². The van der Waals surface area contributed by atoms with Crippen LogP contribution in [-0.4, -0.2) is 193 Å².